The fraction of sp³-hybridized carbons (Fsp3) is 0.500. The van der Waals surface area contributed by atoms with Gasteiger partial charge in [-0.3, -0.25) is 9.69 Å². The summed E-state index contributed by atoms with van der Waals surface area (Å²) in [7, 11) is 0. The van der Waals surface area contributed by atoms with Gasteiger partial charge in [-0.25, -0.2) is 0 Å². The maximum atomic E-state index is 11.7. The first-order valence-electron chi connectivity index (χ1n) is 8.93. The lowest BCUT2D eigenvalue weighted by Gasteiger charge is -2.27. The number of alkyl halides is 1. The van der Waals surface area contributed by atoms with Crippen LogP contribution >= 0.6 is 11.6 Å². The number of nitrogens with one attached hydrogen (secondary N) is 1. The molecule has 1 atom stereocenters. The average molecular weight is 376 g/mol. The van der Waals surface area contributed by atoms with E-state index in [-0.39, 0.29) is 0 Å². The molecule has 1 unspecified atom stereocenters. The van der Waals surface area contributed by atoms with E-state index in [1.165, 1.54) is 5.56 Å². The number of hydrogen-bond donors (Lipinski definition) is 1. The van der Waals surface area contributed by atoms with Gasteiger partial charge < -0.3 is 15.0 Å². The monoisotopic (exact) mass is 375 g/mol. The average Bonchev–Trinajstić information content (AvgIpc) is 3.10. The third-order valence-corrected chi connectivity index (χ3v) is 5.41. The van der Waals surface area contributed by atoms with E-state index in [2.05, 4.69) is 31.4 Å². The van der Waals surface area contributed by atoms with Crippen LogP contribution in [0.1, 0.15) is 11.1 Å². The van der Waals surface area contributed by atoms with Crippen LogP contribution < -0.4 is 10.1 Å². The number of azo groups is 1. The Morgan fingerprint density at radius 3 is 2.96 bits per heavy atom. The maximum absolute atomic E-state index is 11.7. The lowest BCUT2D eigenvalue weighted by atomic mass is 10.1. The van der Waals surface area contributed by atoms with E-state index < -0.39 is 11.3 Å². The Bertz CT molecular complexity index is 745. The topological polar surface area (TPSA) is 69.5 Å². The highest BCUT2D eigenvalue weighted by Crippen LogP contribution is 2.35. The first-order chi connectivity index (χ1) is 12.7. The van der Waals surface area contributed by atoms with Gasteiger partial charge in [0.05, 0.1) is 11.9 Å². The van der Waals surface area contributed by atoms with Crippen molar-refractivity contribution in [3.63, 3.8) is 0 Å². The van der Waals surface area contributed by atoms with Crippen LogP contribution in [0.3, 0.4) is 0 Å². The SMILES string of the molecule is O=C1N=NC=C(N2Cc3cccc(OCCN4CCNCC4)c3C2)C1Cl. The number of amides is 1. The van der Waals surface area contributed by atoms with Crippen molar-refractivity contribution in [3.8, 4) is 5.75 Å². The zero-order chi connectivity index (χ0) is 17.9. The van der Waals surface area contributed by atoms with Crippen molar-refractivity contribution < 1.29 is 9.53 Å². The van der Waals surface area contributed by atoms with E-state index in [0.29, 0.717) is 25.4 Å². The van der Waals surface area contributed by atoms with Crippen molar-refractivity contribution in [2.45, 2.75) is 18.5 Å². The van der Waals surface area contributed by atoms with Gasteiger partial charge in [0, 0.05) is 51.4 Å². The summed E-state index contributed by atoms with van der Waals surface area (Å²) in [6.07, 6.45) is 1.58. The van der Waals surface area contributed by atoms with Crippen LogP contribution in [0.2, 0.25) is 0 Å². The molecule has 1 N–H and O–H groups in total. The second-order valence-electron chi connectivity index (χ2n) is 6.66. The number of carbonyl (C=O) groups is 1. The highest BCUT2D eigenvalue weighted by molar-refractivity contribution is 6.33. The molecule has 7 nitrogen and oxygen atoms in total. The van der Waals surface area contributed by atoms with Crippen LogP contribution in [0.4, 0.5) is 0 Å². The van der Waals surface area contributed by atoms with Gasteiger partial charge >= 0.3 is 0 Å². The van der Waals surface area contributed by atoms with Crippen molar-refractivity contribution >= 4 is 17.5 Å². The van der Waals surface area contributed by atoms with Crippen LogP contribution in [0.25, 0.3) is 0 Å². The Hall–Kier alpha value is -1.96. The lowest BCUT2D eigenvalue weighted by molar-refractivity contribution is -0.117. The van der Waals surface area contributed by atoms with Crippen LogP contribution in [0.15, 0.2) is 40.3 Å². The normalized spacial score (nSPS) is 23.1. The molecule has 4 rings (SSSR count). The summed E-state index contributed by atoms with van der Waals surface area (Å²) in [5.74, 6) is 0.503. The summed E-state index contributed by atoms with van der Waals surface area (Å²) in [4.78, 5) is 16.2. The van der Waals surface area contributed by atoms with Gasteiger partial charge in [-0.05, 0) is 11.6 Å². The van der Waals surface area contributed by atoms with Gasteiger partial charge in [-0.2, -0.15) is 5.11 Å². The zero-order valence-corrected chi connectivity index (χ0v) is 15.3. The maximum Gasteiger partial charge on any atom is 0.288 e. The second-order valence-corrected chi connectivity index (χ2v) is 7.10. The molecule has 0 aliphatic carbocycles. The van der Waals surface area contributed by atoms with E-state index in [1.54, 1.807) is 6.20 Å². The van der Waals surface area contributed by atoms with Crippen LogP contribution in [0.5, 0.6) is 5.75 Å². The van der Waals surface area contributed by atoms with Gasteiger partial charge in [0.25, 0.3) is 5.91 Å². The number of hydrogen-bond acceptors (Lipinski definition) is 6. The number of carbonyl (C=O) groups excluding carboxylic acids is 1. The van der Waals surface area contributed by atoms with Gasteiger partial charge in [-0.15, -0.1) is 16.7 Å². The van der Waals surface area contributed by atoms with Crippen LogP contribution in [-0.4, -0.2) is 60.4 Å². The number of rotatable bonds is 5. The smallest absolute Gasteiger partial charge is 0.288 e. The van der Waals surface area contributed by atoms with E-state index in [1.807, 2.05) is 12.1 Å². The third-order valence-electron chi connectivity index (χ3n) is 5.00. The molecule has 0 bridgehead atoms. The molecule has 3 heterocycles. The predicted octanol–water partition coefficient (Wildman–Crippen LogP) is 1.73. The highest BCUT2D eigenvalue weighted by Gasteiger charge is 2.32. The molecule has 0 spiro atoms. The Labute approximate surface area is 157 Å². The van der Waals surface area contributed by atoms with Gasteiger partial charge in [0.15, 0.2) is 5.38 Å². The second kappa shape index (κ2) is 7.73. The van der Waals surface area contributed by atoms with E-state index in [0.717, 1.165) is 44.0 Å². The fourth-order valence-electron chi connectivity index (χ4n) is 3.56. The molecule has 1 fully saturated rings. The fourth-order valence-corrected chi connectivity index (χ4v) is 3.80. The molecular formula is C18H22ClN5O2. The number of benzene rings is 1. The zero-order valence-electron chi connectivity index (χ0n) is 14.5. The molecule has 3 aliphatic heterocycles. The number of nitrogens with zero attached hydrogens (tertiary/aromatic N) is 4. The van der Waals surface area contributed by atoms with E-state index in [9.17, 15) is 4.79 Å². The Morgan fingerprint density at radius 2 is 2.12 bits per heavy atom. The van der Waals surface area contributed by atoms with E-state index in [4.69, 9.17) is 16.3 Å². The van der Waals surface area contributed by atoms with Crippen molar-refractivity contribution in [2.75, 3.05) is 39.3 Å². The minimum atomic E-state index is -0.765. The first kappa shape index (κ1) is 17.5. The number of ether oxygens (including phenoxy) is 1. The molecule has 0 saturated carbocycles. The molecule has 1 aromatic carbocycles. The van der Waals surface area contributed by atoms with Crippen molar-refractivity contribution in [3.05, 3.63) is 41.2 Å². The molecule has 26 heavy (non-hydrogen) atoms. The van der Waals surface area contributed by atoms with Gasteiger partial charge in [0.2, 0.25) is 0 Å². The number of piperazine rings is 1. The minimum absolute atomic E-state index is 0.410. The van der Waals surface area contributed by atoms with Crippen molar-refractivity contribution in [1.29, 1.82) is 0 Å². The molecule has 0 radical (unpaired) electrons. The molecule has 1 amide bonds. The highest BCUT2D eigenvalue weighted by atomic mass is 35.5. The predicted molar refractivity (Wildman–Crippen MR) is 98.1 cm³/mol. The summed E-state index contributed by atoms with van der Waals surface area (Å²) >= 11 is 6.21. The van der Waals surface area contributed by atoms with Gasteiger partial charge in [-0.1, -0.05) is 12.1 Å². The minimum Gasteiger partial charge on any atom is -0.492 e. The summed E-state index contributed by atoms with van der Waals surface area (Å²) in [5, 5.41) is 9.86. The van der Waals surface area contributed by atoms with Crippen molar-refractivity contribution in [1.82, 2.24) is 15.1 Å². The quantitative estimate of drug-likeness (QED) is 0.794. The number of halogens is 1. The standard InChI is InChI=1S/C18H22ClN5O2/c19-17-15(10-21-22-18(17)25)24-11-13-2-1-3-16(14(13)12-24)26-9-8-23-6-4-20-5-7-23/h1-3,10,17,20H,4-9,11-12H2. The first-order valence-corrected chi connectivity index (χ1v) is 9.36. The van der Waals surface area contributed by atoms with Crippen molar-refractivity contribution in [2.24, 2.45) is 10.2 Å². The Kier molecular flexibility index (Phi) is 5.19. The molecule has 0 aromatic heterocycles. The molecule has 8 heteroatoms. The summed E-state index contributed by atoms with van der Waals surface area (Å²) in [6.45, 7) is 7.18. The van der Waals surface area contributed by atoms with Crippen LogP contribution in [-0.2, 0) is 17.9 Å². The number of fused-ring (bicyclic) bond motifs is 1. The third kappa shape index (κ3) is 3.60. The molecular weight excluding hydrogens is 354 g/mol. The summed E-state index contributed by atoms with van der Waals surface area (Å²) in [5.41, 5.74) is 3.06. The molecule has 1 saturated heterocycles. The summed E-state index contributed by atoms with van der Waals surface area (Å²) < 4.78 is 6.09. The van der Waals surface area contributed by atoms with E-state index >= 15 is 0 Å². The van der Waals surface area contributed by atoms with Gasteiger partial charge in [0.1, 0.15) is 12.4 Å². The molecule has 138 valence electrons. The molecule has 3 aliphatic rings. The lowest BCUT2D eigenvalue weighted by Crippen LogP contribution is -2.44. The largest absolute Gasteiger partial charge is 0.492 e. The summed E-state index contributed by atoms with van der Waals surface area (Å²) in [6, 6.07) is 6.12. The Balaban J connectivity index is 1.40. The molecule has 1 aromatic rings. The van der Waals surface area contributed by atoms with Crippen LogP contribution in [0, 0.1) is 0 Å². The Morgan fingerprint density at radius 1 is 1.27 bits per heavy atom.